The molecule has 1 fully saturated rings. The molecule has 3 aliphatic rings. The van der Waals surface area contributed by atoms with Crippen LogP contribution in [0.5, 0.6) is 5.75 Å². The van der Waals surface area contributed by atoms with E-state index in [-0.39, 0.29) is 34.8 Å². The highest BCUT2D eigenvalue weighted by atomic mass is 32.2. The summed E-state index contributed by atoms with van der Waals surface area (Å²) < 4.78 is 0. The fourth-order valence-corrected chi connectivity index (χ4v) is 6.53. The van der Waals surface area contributed by atoms with Crippen LogP contribution < -0.4 is 5.32 Å². The normalized spacial score (nSPS) is 26.9. The first kappa shape index (κ1) is 21.2. The van der Waals surface area contributed by atoms with E-state index in [2.05, 4.69) is 26.4 Å². The Morgan fingerprint density at radius 2 is 2.17 bits per heavy atom. The molecule has 2 N–H and O–H groups in total. The summed E-state index contributed by atoms with van der Waals surface area (Å²) >= 11 is 3.43. The van der Waals surface area contributed by atoms with Crippen LogP contribution in [0.2, 0.25) is 0 Å². The average molecular weight is 444 g/mol. The van der Waals surface area contributed by atoms with Gasteiger partial charge in [0.25, 0.3) is 0 Å². The highest BCUT2D eigenvalue weighted by Gasteiger charge is 2.42. The lowest BCUT2D eigenvalue weighted by Gasteiger charge is -2.26. The van der Waals surface area contributed by atoms with E-state index in [9.17, 15) is 9.90 Å². The van der Waals surface area contributed by atoms with Gasteiger partial charge in [-0.1, -0.05) is 12.1 Å². The van der Waals surface area contributed by atoms with Crippen LogP contribution in [0.1, 0.15) is 24.8 Å². The molecule has 0 bridgehead atoms. The number of likely N-dealkylation sites (N-methyl/N-ethyl adjacent to an activating group) is 1. The van der Waals surface area contributed by atoms with Gasteiger partial charge in [0.15, 0.2) is 5.66 Å². The van der Waals surface area contributed by atoms with Crippen molar-refractivity contribution in [3.8, 4) is 18.1 Å². The van der Waals surface area contributed by atoms with Crippen LogP contribution in [0.25, 0.3) is 0 Å². The van der Waals surface area contributed by atoms with Gasteiger partial charge in [-0.2, -0.15) is 10.2 Å². The van der Waals surface area contributed by atoms with E-state index in [1.165, 1.54) is 0 Å². The highest BCUT2D eigenvalue weighted by molar-refractivity contribution is 8.14. The van der Waals surface area contributed by atoms with Crippen LogP contribution in [-0.2, 0) is 4.79 Å². The summed E-state index contributed by atoms with van der Waals surface area (Å²) in [6.45, 7) is 0.547. The van der Waals surface area contributed by atoms with E-state index in [0.717, 1.165) is 28.5 Å². The molecule has 0 spiro atoms. The van der Waals surface area contributed by atoms with Crippen molar-refractivity contribution >= 4 is 34.5 Å². The van der Waals surface area contributed by atoms with Gasteiger partial charge in [-0.25, -0.2) is 0 Å². The number of benzene rings is 1. The van der Waals surface area contributed by atoms with Gasteiger partial charge in [-0.3, -0.25) is 14.7 Å². The fraction of sp³-hybridized carbons (Fsp3) is 0.524. The van der Waals surface area contributed by atoms with Gasteiger partial charge in [0, 0.05) is 42.9 Å². The summed E-state index contributed by atoms with van der Waals surface area (Å²) in [6, 6.07) is 7.20. The van der Waals surface area contributed by atoms with E-state index in [4.69, 9.17) is 11.4 Å². The van der Waals surface area contributed by atoms with Crippen molar-refractivity contribution in [2.45, 2.75) is 42.4 Å². The number of amides is 1. The van der Waals surface area contributed by atoms with Gasteiger partial charge in [0.1, 0.15) is 10.8 Å². The Balaban J connectivity index is 1.30. The molecule has 30 heavy (non-hydrogen) atoms. The number of terminal acetylenes is 1. The standard InChI is InChI=1S/C21H25N5O2S2/c1-3-4-9-21(24-25-21)10-11-22-18(28)16-13-30-20(26(16)2)15-12-29-19(23-15)14-7-5-6-8-17(14)27/h1,5-8,15-16,20,27H,4,9-13H2,2H3,(H,22,28)/t15-,16-,20+/m1/s1. The molecule has 7 nitrogen and oxygen atoms in total. The largest absolute Gasteiger partial charge is 0.507 e. The fourth-order valence-electron chi connectivity index (χ4n) is 3.75. The molecule has 0 radical (unpaired) electrons. The summed E-state index contributed by atoms with van der Waals surface area (Å²) in [5.41, 5.74) is 0.410. The zero-order valence-corrected chi connectivity index (χ0v) is 18.5. The number of carbonyl (C=O) groups is 1. The summed E-state index contributed by atoms with van der Waals surface area (Å²) in [5.74, 6) is 4.50. The Bertz CT molecular complexity index is 907. The maximum absolute atomic E-state index is 12.7. The van der Waals surface area contributed by atoms with E-state index >= 15 is 0 Å². The lowest BCUT2D eigenvalue weighted by Crippen LogP contribution is -2.47. The minimum absolute atomic E-state index is 0.0378. The molecule has 0 aliphatic carbocycles. The zero-order chi connectivity index (χ0) is 21.1. The van der Waals surface area contributed by atoms with Gasteiger partial charge >= 0.3 is 0 Å². The Labute approximate surface area is 185 Å². The number of phenolic OH excluding ortho intramolecular Hbond substituents is 1. The number of nitrogens with zero attached hydrogens (tertiary/aromatic N) is 4. The summed E-state index contributed by atoms with van der Waals surface area (Å²) in [5, 5.41) is 22.4. The van der Waals surface area contributed by atoms with Crippen molar-refractivity contribution in [2.75, 3.05) is 25.1 Å². The number of aromatic hydroxyl groups is 1. The molecule has 158 valence electrons. The molecule has 1 aromatic carbocycles. The molecule has 3 aliphatic heterocycles. The second-order valence-corrected chi connectivity index (χ2v) is 9.82. The molecular weight excluding hydrogens is 418 g/mol. The topological polar surface area (TPSA) is 89.6 Å². The van der Waals surface area contributed by atoms with E-state index in [1.54, 1.807) is 29.6 Å². The third-order valence-electron chi connectivity index (χ3n) is 5.64. The second kappa shape index (κ2) is 9.00. The molecule has 1 saturated heterocycles. The van der Waals surface area contributed by atoms with E-state index in [0.29, 0.717) is 19.4 Å². The first-order valence-corrected chi connectivity index (χ1v) is 12.0. The number of nitrogens with one attached hydrogen (secondary N) is 1. The molecule has 0 unspecified atom stereocenters. The molecule has 0 aromatic heterocycles. The second-order valence-electron chi connectivity index (χ2n) is 7.66. The maximum Gasteiger partial charge on any atom is 0.238 e. The SMILES string of the molecule is C#CCCC1(CCNC(=O)[C@H]2CS[C@@H]([C@H]3CSC(c4ccccc4O)=N3)N2C)N=N1. The van der Waals surface area contributed by atoms with Crippen molar-refractivity contribution in [3.63, 3.8) is 0 Å². The van der Waals surface area contributed by atoms with Crippen molar-refractivity contribution in [1.82, 2.24) is 10.2 Å². The minimum atomic E-state index is -0.367. The van der Waals surface area contributed by atoms with Gasteiger partial charge in [0.05, 0.1) is 17.5 Å². The number of carbonyl (C=O) groups excluding carboxylic acids is 1. The zero-order valence-electron chi connectivity index (χ0n) is 16.8. The number of phenols is 1. The van der Waals surface area contributed by atoms with Gasteiger partial charge in [-0.15, -0.1) is 35.9 Å². The predicted molar refractivity (Wildman–Crippen MR) is 122 cm³/mol. The molecular formula is C21H25N5O2S2. The van der Waals surface area contributed by atoms with Crippen molar-refractivity contribution in [3.05, 3.63) is 29.8 Å². The molecule has 1 amide bonds. The van der Waals surface area contributed by atoms with Crippen LogP contribution in [0.3, 0.4) is 0 Å². The minimum Gasteiger partial charge on any atom is -0.507 e. The number of hydrogen-bond donors (Lipinski definition) is 2. The maximum atomic E-state index is 12.7. The van der Waals surface area contributed by atoms with Crippen LogP contribution in [-0.4, -0.2) is 69.2 Å². The Morgan fingerprint density at radius 3 is 2.90 bits per heavy atom. The lowest BCUT2D eigenvalue weighted by molar-refractivity contribution is -0.125. The summed E-state index contributed by atoms with van der Waals surface area (Å²) in [4.78, 5) is 19.7. The van der Waals surface area contributed by atoms with Crippen molar-refractivity contribution < 1.29 is 9.90 Å². The van der Waals surface area contributed by atoms with Crippen molar-refractivity contribution in [1.29, 1.82) is 0 Å². The smallest absolute Gasteiger partial charge is 0.238 e. The highest BCUT2D eigenvalue weighted by Crippen LogP contribution is 2.38. The third kappa shape index (κ3) is 4.51. The number of thioether (sulfide) groups is 2. The van der Waals surface area contributed by atoms with Crippen LogP contribution in [0, 0.1) is 12.3 Å². The first-order valence-electron chi connectivity index (χ1n) is 10.0. The molecule has 9 heteroatoms. The van der Waals surface area contributed by atoms with Crippen LogP contribution >= 0.6 is 23.5 Å². The van der Waals surface area contributed by atoms with Gasteiger partial charge in [0.2, 0.25) is 5.91 Å². The number of rotatable bonds is 8. The molecule has 0 saturated carbocycles. The summed E-state index contributed by atoms with van der Waals surface area (Å²) in [6.07, 6.45) is 7.41. The Morgan fingerprint density at radius 1 is 1.37 bits per heavy atom. The molecule has 3 atom stereocenters. The number of para-hydroxylation sites is 1. The van der Waals surface area contributed by atoms with Crippen LogP contribution in [0.15, 0.2) is 39.5 Å². The number of aliphatic imine (C=N–C) groups is 1. The Kier molecular flexibility index (Phi) is 6.37. The average Bonchev–Trinajstić information content (AvgIpc) is 3.15. The first-order chi connectivity index (χ1) is 14.5. The molecule has 4 rings (SSSR count). The van der Waals surface area contributed by atoms with E-state index in [1.807, 2.05) is 25.2 Å². The van der Waals surface area contributed by atoms with E-state index < -0.39 is 0 Å². The number of hydrogen-bond acceptors (Lipinski definition) is 8. The van der Waals surface area contributed by atoms with Gasteiger partial charge < -0.3 is 10.4 Å². The molecule has 1 aromatic rings. The Hall–Kier alpha value is -2.02. The summed E-state index contributed by atoms with van der Waals surface area (Å²) in [7, 11) is 1.99. The molecule has 3 heterocycles. The quantitative estimate of drug-likeness (QED) is 0.603. The predicted octanol–water partition coefficient (Wildman–Crippen LogP) is 2.71. The van der Waals surface area contributed by atoms with Crippen molar-refractivity contribution in [2.24, 2.45) is 15.2 Å². The third-order valence-corrected chi connectivity index (χ3v) is 8.24. The van der Waals surface area contributed by atoms with Gasteiger partial charge in [-0.05, 0) is 19.2 Å². The van der Waals surface area contributed by atoms with Crippen LogP contribution in [0.4, 0.5) is 0 Å². The monoisotopic (exact) mass is 443 g/mol. The lowest BCUT2D eigenvalue weighted by atomic mass is 10.0.